The van der Waals surface area contributed by atoms with Gasteiger partial charge in [0.25, 0.3) is 0 Å². The molecule has 106 valence electrons. The summed E-state index contributed by atoms with van der Waals surface area (Å²) >= 11 is 0. The number of benzene rings is 1. The Hall–Kier alpha value is -1.96. The van der Waals surface area contributed by atoms with E-state index in [0.29, 0.717) is 17.9 Å². The zero-order valence-electron chi connectivity index (χ0n) is 11.0. The van der Waals surface area contributed by atoms with Gasteiger partial charge in [-0.2, -0.15) is 0 Å². The molecule has 0 amide bonds. The van der Waals surface area contributed by atoms with Gasteiger partial charge in [0.2, 0.25) is 0 Å². The van der Waals surface area contributed by atoms with E-state index in [-0.39, 0.29) is 17.5 Å². The second-order valence-corrected chi connectivity index (χ2v) is 7.32. The summed E-state index contributed by atoms with van der Waals surface area (Å²) in [5, 5.41) is 11.6. The number of aromatic nitrogens is 4. The van der Waals surface area contributed by atoms with Gasteiger partial charge >= 0.3 is 0 Å². The zero-order valence-corrected chi connectivity index (χ0v) is 11.8. The third-order valence-corrected chi connectivity index (χ3v) is 5.25. The van der Waals surface area contributed by atoms with Crippen molar-refractivity contribution >= 4 is 15.5 Å². The second-order valence-electron chi connectivity index (χ2n) is 5.09. The van der Waals surface area contributed by atoms with Gasteiger partial charge in [-0.15, -0.1) is 5.10 Å². The Morgan fingerprint density at radius 1 is 1.40 bits per heavy atom. The Kier molecular flexibility index (Phi) is 2.97. The van der Waals surface area contributed by atoms with Crippen LogP contribution in [0.2, 0.25) is 0 Å². The van der Waals surface area contributed by atoms with E-state index in [2.05, 4.69) is 15.5 Å². The molecule has 0 saturated carbocycles. The van der Waals surface area contributed by atoms with Crippen LogP contribution in [0.3, 0.4) is 0 Å². The maximum absolute atomic E-state index is 11.6. The Labute approximate surface area is 116 Å². The van der Waals surface area contributed by atoms with Crippen molar-refractivity contribution in [1.29, 1.82) is 0 Å². The van der Waals surface area contributed by atoms with Gasteiger partial charge in [-0.1, -0.05) is 11.6 Å². The number of nitrogens with two attached hydrogens (primary N) is 1. The van der Waals surface area contributed by atoms with Crippen LogP contribution in [0.1, 0.15) is 18.0 Å². The predicted octanol–water partition coefficient (Wildman–Crippen LogP) is 0.590. The molecule has 0 radical (unpaired) electrons. The fraction of sp³-hybridized carbons (Fsp3) is 0.417. The summed E-state index contributed by atoms with van der Waals surface area (Å²) in [6.45, 7) is 1.96. The monoisotopic (exact) mass is 293 g/mol. The number of aryl methyl sites for hydroxylation is 1. The molecular weight excluding hydrogens is 278 g/mol. The van der Waals surface area contributed by atoms with Gasteiger partial charge in [-0.05, 0) is 35.9 Å². The van der Waals surface area contributed by atoms with Gasteiger partial charge in [0, 0.05) is 11.3 Å². The van der Waals surface area contributed by atoms with Crippen LogP contribution in [0.25, 0.3) is 11.4 Å². The molecule has 3 rings (SSSR count). The lowest BCUT2D eigenvalue weighted by molar-refractivity contribution is 0.489. The molecule has 1 aliphatic heterocycles. The quantitative estimate of drug-likeness (QED) is 0.813. The van der Waals surface area contributed by atoms with E-state index >= 15 is 0 Å². The second kappa shape index (κ2) is 4.55. The molecule has 1 atom stereocenters. The molecule has 0 spiro atoms. The number of nitrogen functional groups attached to an aromatic ring is 1. The first-order chi connectivity index (χ1) is 9.46. The van der Waals surface area contributed by atoms with Gasteiger partial charge in [0.15, 0.2) is 15.7 Å². The number of tetrazole rings is 1. The Morgan fingerprint density at radius 3 is 2.90 bits per heavy atom. The molecule has 20 heavy (non-hydrogen) atoms. The summed E-state index contributed by atoms with van der Waals surface area (Å²) in [6, 6.07) is 5.40. The average Bonchev–Trinajstić information content (AvgIpc) is 2.98. The number of hydrogen-bond donors (Lipinski definition) is 1. The predicted molar refractivity (Wildman–Crippen MR) is 74.7 cm³/mol. The van der Waals surface area contributed by atoms with Gasteiger partial charge in [0.05, 0.1) is 17.5 Å². The minimum absolute atomic E-state index is 0.0801. The van der Waals surface area contributed by atoms with E-state index in [1.54, 1.807) is 10.7 Å². The molecule has 1 saturated heterocycles. The SMILES string of the molecule is Cc1ccc(N)c(-c2nnnn2C2CCS(=O)(=O)C2)c1. The maximum Gasteiger partial charge on any atom is 0.184 e. The summed E-state index contributed by atoms with van der Waals surface area (Å²) in [5.74, 6) is 0.783. The van der Waals surface area contributed by atoms with Gasteiger partial charge < -0.3 is 5.73 Å². The van der Waals surface area contributed by atoms with Crippen LogP contribution in [0.4, 0.5) is 5.69 Å². The van der Waals surface area contributed by atoms with Crippen molar-refractivity contribution in [3.05, 3.63) is 23.8 Å². The van der Waals surface area contributed by atoms with Crippen LogP contribution in [-0.4, -0.2) is 40.1 Å². The van der Waals surface area contributed by atoms with Crippen molar-refractivity contribution in [2.45, 2.75) is 19.4 Å². The van der Waals surface area contributed by atoms with E-state index in [4.69, 9.17) is 5.73 Å². The van der Waals surface area contributed by atoms with Crippen LogP contribution in [0, 0.1) is 6.92 Å². The van der Waals surface area contributed by atoms with E-state index < -0.39 is 9.84 Å². The highest BCUT2D eigenvalue weighted by Gasteiger charge is 2.32. The Morgan fingerprint density at radius 2 is 2.20 bits per heavy atom. The van der Waals surface area contributed by atoms with Crippen molar-refractivity contribution in [3.63, 3.8) is 0 Å². The Balaban J connectivity index is 2.05. The topological polar surface area (TPSA) is 104 Å². The molecule has 2 aromatic rings. The van der Waals surface area contributed by atoms with Crippen molar-refractivity contribution < 1.29 is 8.42 Å². The lowest BCUT2D eigenvalue weighted by atomic mass is 10.1. The number of hydrogen-bond acceptors (Lipinski definition) is 6. The molecule has 0 aliphatic carbocycles. The molecule has 2 N–H and O–H groups in total. The molecule has 7 nitrogen and oxygen atoms in total. The van der Waals surface area contributed by atoms with Crippen LogP contribution in [0.5, 0.6) is 0 Å². The largest absolute Gasteiger partial charge is 0.398 e. The van der Waals surface area contributed by atoms with Gasteiger partial charge in [-0.25, -0.2) is 13.1 Å². The first kappa shape index (κ1) is 13.0. The normalized spacial score (nSPS) is 21.1. The number of sulfone groups is 1. The summed E-state index contributed by atoms with van der Waals surface area (Å²) in [7, 11) is -2.99. The van der Waals surface area contributed by atoms with Crippen LogP contribution in [0.15, 0.2) is 18.2 Å². The lowest BCUT2D eigenvalue weighted by Gasteiger charge is -2.12. The molecular formula is C12H15N5O2S. The molecule has 2 heterocycles. The van der Waals surface area contributed by atoms with Crippen molar-refractivity contribution in [2.24, 2.45) is 0 Å². The minimum Gasteiger partial charge on any atom is -0.398 e. The zero-order chi connectivity index (χ0) is 14.3. The van der Waals surface area contributed by atoms with Crippen LogP contribution >= 0.6 is 0 Å². The molecule has 1 fully saturated rings. The number of anilines is 1. The summed E-state index contributed by atoms with van der Waals surface area (Å²) in [4.78, 5) is 0. The highest BCUT2D eigenvalue weighted by atomic mass is 32.2. The smallest absolute Gasteiger partial charge is 0.184 e. The van der Waals surface area contributed by atoms with Crippen LogP contribution in [-0.2, 0) is 9.84 Å². The van der Waals surface area contributed by atoms with E-state index in [1.165, 1.54) is 0 Å². The van der Waals surface area contributed by atoms with Gasteiger partial charge in [-0.3, -0.25) is 0 Å². The molecule has 8 heteroatoms. The van der Waals surface area contributed by atoms with Gasteiger partial charge in [0.1, 0.15) is 0 Å². The van der Waals surface area contributed by atoms with Crippen LogP contribution < -0.4 is 5.73 Å². The average molecular weight is 293 g/mol. The number of rotatable bonds is 2. The summed E-state index contributed by atoms with van der Waals surface area (Å²) in [5.41, 5.74) is 8.33. The van der Waals surface area contributed by atoms with Crippen molar-refractivity contribution in [2.75, 3.05) is 17.2 Å². The Bertz CT molecular complexity index is 753. The highest BCUT2D eigenvalue weighted by Crippen LogP contribution is 2.30. The summed E-state index contributed by atoms with van der Waals surface area (Å²) in [6.07, 6.45) is 0.534. The molecule has 1 aromatic carbocycles. The fourth-order valence-corrected chi connectivity index (χ4v) is 4.14. The molecule has 1 aliphatic rings. The third kappa shape index (κ3) is 2.26. The van der Waals surface area contributed by atoms with E-state index in [9.17, 15) is 8.42 Å². The standard InChI is InChI=1S/C12H15N5O2S/c1-8-2-3-11(13)10(6-8)12-14-15-16-17(12)9-4-5-20(18,19)7-9/h2-3,6,9H,4-5,7,13H2,1H3. The molecule has 0 bridgehead atoms. The first-order valence-electron chi connectivity index (χ1n) is 6.31. The lowest BCUT2D eigenvalue weighted by Crippen LogP contribution is -2.14. The minimum atomic E-state index is -2.99. The van der Waals surface area contributed by atoms with E-state index in [0.717, 1.165) is 11.1 Å². The van der Waals surface area contributed by atoms with Crippen molar-refractivity contribution in [1.82, 2.24) is 20.2 Å². The molecule has 1 aromatic heterocycles. The highest BCUT2D eigenvalue weighted by molar-refractivity contribution is 7.91. The number of nitrogens with zero attached hydrogens (tertiary/aromatic N) is 4. The fourth-order valence-electron chi connectivity index (χ4n) is 2.45. The molecule has 1 unspecified atom stereocenters. The first-order valence-corrected chi connectivity index (χ1v) is 8.13. The van der Waals surface area contributed by atoms with Crippen molar-refractivity contribution in [3.8, 4) is 11.4 Å². The maximum atomic E-state index is 11.6. The summed E-state index contributed by atoms with van der Waals surface area (Å²) < 4.78 is 24.8. The van der Waals surface area contributed by atoms with E-state index in [1.807, 2.05) is 19.1 Å². The third-order valence-electron chi connectivity index (χ3n) is 3.50.